The highest BCUT2D eigenvalue weighted by Gasteiger charge is 2.36. The van der Waals surface area contributed by atoms with Crippen LogP contribution < -0.4 is 0 Å². The Balaban J connectivity index is 1.42. The molecule has 0 amide bonds. The molecule has 32 heavy (non-hydrogen) atoms. The van der Waals surface area contributed by atoms with Gasteiger partial charge in [-0.1, -0.05) is 63.7 Å². The van der Waals surface area contributed by atoms with E-state index in [-0.39, 0.29) is 17.6 Å². The van der Waals surface area contributed by atoms with Crippen molar-refractivity contribution in [2.24, 2.45) is 17.8 Å². The van der Waals surface area contributed by atoms with E-state index in [0.29, 0.717) is 17.4 Å². The molecule has 0 heterocycles. The molecule has 0 nitrogen and oxygen atoms in total. The first-order chi connectivity index (χ1) is 15.6. The number of benzene rings is 2. The van der Waals surface area contributed by atoms with Gasteiger partial charge in [-0.25, -0.2) is 8.78 Å². The summed E-state index contributed by atoms with van der Waals surface area (Å²) in [5.41, 5.74) is 1.47. The van der Waals surface area contributed by atoms with Crippen LogP contribution in [0.25, 0.3) is 10.8 Å². The molecular formula is C30H40F2. The van der Waals surface area contributed by atoms with Crippen LogP contribution in [0.15, 0.2) is 36.9 Å². The van der Waals surface area contributed by atoms with Crippen LogP contribution in [0.1, 0.15) is 101 Å². The Morgan fingerprint density at radius 1 is 0.969 bits per heavy atom. The minimum atomic E-state index is -0.268. The highest BCUT2D eigenvalue weighted by atomic mass is 19.1. The first-order valence-corrected chi connectivity index (χ1v) is 13.1. The zero-order valence-electron chi connectivity index (χ0n) is 19.9. The Bertz CT molecular complexity index is 915. The molecule has 0 saturated heterocycles. The molecular weight excluding hydrogens is 398 g/mol. The quantitative estimate of drug-likeness (QED) is 0.270. The number of aryl methyl sites for hydroxylation is 1. The smallest absolute Gasteiger partial charge is 0.134 e. The Morgan fingerprint density at radius 2 is 1.78 bits per heavy atom. The van der Waals surface area contributed by atoms with E-state index in [1.807, 2.05) is 18.2 Å². The number of unbranched alkanes of at least 4 members (excludes halogenated alkanes) is 3. The molecule has 4 unspecified atom stereocenters. The molecule has 2 heteroatoms. The largest absolute Gasteiger partial charge is 0.207 e. The van der Waals surface area contributed by atoms with E-state index in [9.17, 15) is 4.39 Å². The number of allylic oxidation sites excluding steroid dienone is 1. The topological polar surface area (TPSA) is 0 Å². The third-order valence-electron chi connectivity index (χ3n) is 8.40. The lowest BCUT2D eigenvalue weighted by molar-refractivity contribution is 0.112. The zero-order chi connectivity index (χ0) is 22.5. The maximum atomic E-state index is 15.2. The first kappa shape index (κ1) is 23.5. The van der Waals surface area contributed by atoms with Crippen LogP contribution in [0.2, 0.25) is 0 Å². The molecule has 2 aliphatic carbocycles. The van der Waals surface area contributed by atoms with E-state index in [2.05, 4.69) is 13.5 Å². The summed E-state index contributed by atoms with van der Waals surface area (Å²) in [6, 6.07) is 7.22. The highest BCUT2D eigenvalue weighted by Crippen LogP contribution is 2.49. The van der Waals surface area contributed by atoms with Gasteiger partial charge in [0, 0.05) is 5.39 Å². The molecule has 2 saturated carbocycles. The van der Waals surface area contributed by atoms with Crippen molar-refractivity contribution >= 4 is 10.8 Å². The minimum Gasteiger partial charge on any atom is -0.207 e. The Labute approximate surface area is 193 Å². The van der Waals surface area contributed by atoms with Crippen molar-refractivity contribution in [3.8, 4) is 0 Å². The van der Waals surface area contributed by atoms with Gasteiger partial charge in [-0.15, -0.1) is 6.58 Å². The molecule has 0 aliphatic heterocycles. The maximum Gasteiger partial charge on any atom is 0.134 e. The lowest BCUT2D eigenvalue weighted by Gasteiger charge is -2.42. The van der Waals surface area contributed by atoms with E-state index in [1.54, 1.807) is 6.08 Å². The average molecular weight is 439 g/mol. The number of hydrogen-bond acceptors (Lipinski definition) is 0. The summed E-state index contributed by atoms with van der Waals surface area (Å²) < 4.78 is 30.1. The molecule has 2 fully saturated rings. The Morgan fingerprint density at radius 3 is 2.59 bits per heavy atom. The molecule has 2 aromatic rings. The number of hydrogen-bond donors (Lipinski definition) is 0. The lowest BCUT2D eigenvalue weighted by atomic mass is 9.63. The molecule has 0 radical (unpaired) electrons. The monoisotopic (exact) mass is 438 g/mol. The summed E-state index contributed by atoms with van der Waals surface area (Å²) in [4.78, 5) is 0. The van der Waals surface area contributed by atoms with Gasteiger partial charge >= 0.3 is 0 Å². The molecule has 2 aromatic carbocycles. The normalized spacial score (nSPS) is 25.6. The van der Waals surface area contributed by atoms with E-state index in [0.717, 1.165) is 48.0 Å². The van der Waals surface area contributed by atoms with Gasteiger partial charge < -0.3 is 0 Å². The van der Waals surface area contributed by atoms with Gasteiger partial charge in [0.25, 0.3) is 0 Å². The van der Waals surface area contributed by atoms with Crippen LogP contribution in [-0.4, -0.2) is 0 Å². The van der Waals surface area contributed by atoms with Crippen molar-refractivity contribution in [1.82, 2.24) is 0 Å². The predicted molar refractivity (Wildman–Crippen MR) is 132 cm³/mol. The SMILES string of the molecule is C=CCCc1ccc2cc(C3CCC4CC(CCCCCC)CCC4C3)c(F)cc2c1F. The van der Waals surface area contributed by atoms with Gasteiger partial charge in [-0.2, -0.15) is 0 Å². The third kappa shape index (κ3) is 5.26. The first-order valence-electron chi connectivity index (χ1n) is 13.1. The fourth-order valence-corrected chi connectivity index (χ4v) is 6.53. The second-order valence-corrected chi connectivity index (χ2v) is 10.5. The Kier molecular flexibility index (Phi) is 8.02. The summed E-state index contributed by atoms with van der Waals surface area (Å²) in [6.07, 6.45) is 17.5. The van der Waals surface area contributed by atoms with Crippen molar-refractivity contribution in [3.63, 3.8) is 0 Å². The average Bonchev–Trinajstić information content (AvgIpc) is 2.81. The number of halogens is 2. The van der Waals surface area contributed by atoms with Crippen LogP contribution in [-0.2, 0) is 6.42 Å². The summed E-state index contributed by atoms with van der Waals surface area (Å²) in [7, 11) is 0. The van der Waals surface area contributed by atoms with Gasteiger partial charge in [-0.05, 0) is 97.3 Å². The predicted octanol–water partition coefficient (Wildman–Crippen LogP) is 9.51. The Hall–Kier alpha value is -1.70. The van der Waals surface area contributed by atoms with Gasteiger partial charge in [0.15, 0.2) is 0 Å². The summed E-state index contributed by atoms with van der Waals surface area (Å²) >= 11 is 0. The molecule has 0 bridgehead atoms. The van der Waals surface area contributed by atoms with Crippen LogP contribution >= 0.6 is 0 Å². The number of rotatable bonds is 9. The molecule has 4 rings (SSSR count). The molecule has 0 aromatic heterocycles. The van der Waals surface area contributed by atoms with Crippen molar-refractivity contribution in [3.05, 3.63) is 59.7 Å². The number of fused-ring (bicyclic) bond motifs is 2. The molecule has 2 aliphatic rings. The fraction of sp³-hybridized carbons (Fsp3) is 0.600. The second-order valence-electron chi connectivity index (χ2n) is 10.5. The van der Waals surface area contributed by atoms with Crippen LogP contribution in [0, 0.1) is 29.4 Å². The van der Waals surface area contributed by atoms with Gasteiger partial charge in [0.1, 0.15) is 11.6 Å². The molecule has 0 spiro atoms. The van der Waals surface area contributed by atoms with Crippen molar-refractivity contribution in [2.45, 2.75) is 96.3 Å². The van der Waals surface area contributed by atoms with E-state index >= 15 is 4.39 Å². The van der Waals surface area contributed by atoms with Crippen molar-refractivity contribution < 1.29 is 8.78 Å². The molecule has 0 N–H and O–H groups in total. The van der Waals surface area contributed by atoms with Gasteiger partial charge in [0.05, 0.1) is 0 Å². The lowest BCUT2D eigenvalue weighted by Crippen LogP contribution is -2.30. The second kappa shape index (κ2) is 10.9. The maximum absolute atomic E-state index is 15.2. The van der Waals surface area contributed by atoms with Crippen molar-refractivity contribution in [2.75, 3.05) is 0 Å². The van der Waals surface area contributed by atoms with Crippen LogP contribution in [0.3, 0.4) is 0 Å². The van der Waals surface area contributed by atoms with Crippen molar-refractivity contribution in [1.29, 1.82) is 0 Å². The van der Waals surface area contributed by atoms with Gasteiger partial charge in [-0.3, -0.25) is 0 Å². The minimum absolute atomic E-state index is 0.217. The zero-order valence-corrected chi connectivity index (χ0v) is 19.9. The summed E-state index contributed by atoms with van der Waals surface area (Å²) in [5, 5.41) is 1.25. The van der Waals surface area contributed by atoms with E-state index < -0.39 is 0 Å². The van der Waals surface area contributed by atoms with Crippen LogP contribution in [0.4, 0.5) is 8.78 Å². The highest BCUT2D eigenvalue weighted by molar-refractivity contribution is 5.85. The van der Waals surface area contributed by atoms with Crippen LogP contribution in [0.5, 0.6) is 0 Å². The summed E-state index contributed by atoms with van der Waals surface area (Å²) in [6.45, 7) is 5.99. The summed E-state index contributed by atoms with van der Waals surface area (Å²) in [5.74, 6) is 2.30. The van der Waals surface area contributed by atoms with E-state index in [4.69, 9.17) is 0 Å². The van der Waals surface area contributed by atoms with Gasteiger partial charge in [0.2, 0.25) is 0 Å². The molecule has 174 valence electrons. The third-order valence-corrected chi connectivity index (χ3v) is 8.40. The fourth-order valence-electron chi connectivity index (χ4n) is 6.53. The van der Waals surface area contributed by atoms with E-state index in [1.165, 1.54) is 63.9 Å². The standard InChI is InChI=1S/C30H40F2/c1-3-5-7-8-9-21-11-12-24-18-25(16-14-23(24)17-21)27-19-26-15-13-22(10-6-4-2)30(32)28(26)20-29(27)31/h4,13,15,19-21,23-25H,2-3,5-12,14,16-18H2,1H3. The molecule has 4 atom stereocenters.